The van der Waals surface area contributed by atoms with Gasteiger partial charge in [0.25, 0.3) is 0 Å². The number of imidazole rings is 1. The topological polar surface area (TPSA) is 222 Å². The third-order valence-electron chi connectivity index (χ3n) is 11.1. The average Bonchev–Trinajstić information content (AvgIpc) is 3.98. The summed E-state index contributed by atoms with van der Waals surface area (Å²) in [5, 5.41) is 16.3. The summed E-state index contributed by atoms with van der Waals surface area (Å²) < 4.78 is 87.6. The molecule has 7 aromatic rings. The average molecular weight is 950 g/mol. The number of aromatic nitrogens is 6. The number of H-pyrrole nitrogens is 1. The smallest absolute Gasteiger partial charge is 0.407 e. The quantitative estimate of drug-likeness (QED) is 0.0868. The van der Waals surface area contributed by atoms with E-state index in [-0.39, 0.29) is 49.4 Å². The molecule has 0 spiro atoms. The minimum absolute atomic E-state index is 0.109. The Hall–Kier alpha value is -6.87. The number of alkyl carbamates (subject to hydrolysis) is 1. The van der Waals surface area contributed by atoms with Crippen molar-refractivity contribution in [1.82, 2.24) is 44.5 Å². The summed E-state index contributed by atoms with van der Waals surface area (Å²) in [6.45, 7) is 5.23. The van der Waals surface area contributed by atoms with Crippen LogP contribution >= 0.6 is 0 Å². The first kappa shape index (κ1) is 46.7. The first-order chi connectivity index (χ1) is 32.0. The number of nitrogens with one attached hydrogen (secondary N) is 3. The van der Waals surface area contributed by atoms with Crippen LogP contribution in [0.3, 0.4) is 0 Å². The molecule has 8 rings (SSSR count). The normalized spacial score (nSPS) is 15.3. The van der Waals surface area contributed by atoms with Crippen molar-refractivity contribution >= 4 is 37.2 Å². The van der Waals surface area contributed by atoms with E-state index in [0.29, 0.717) is 45.0 Å². The van der Waals surface area contributed by atoms with Gasteiger partial charge in [-0.2, -0.15) is 9.10 Å². The molecule has 0 saturated heterocycles. The Morgan fingerprint density at radius 1 is 0.776 bits per heavy atom. The van der Waals surface area contributed by atoms with Gasteiger partial charge in [0.2, 0.25) is 25.9 Å². The molecule has 3 N–H and O–H groups in total. The molecular weight excluding hydrogens is 899 g/mol. The molecule has 2 aromatic heterocycles. The number of hydrogen-bond acceptors (Lipinski definition) is 13. The van der Waals surface area contributed by atoms with E-state index in [1.807, 2.05) is 39.0 Å². The first-order valence-electron chi connectivity index (χ1n) is 21.3. The molecule has 67 heavy (non-hydrogen) atoms. The highest BCUT2D eigenvalue weighted by molar-refractivity contribution is 7.92. The number of para-hydroxylation sites is 1. The number of fused-ring (bicyclic) bond motifs is 1. The van der Waals surface area contributed by atoms with Crippen LogP contribution in [0.2, 0.25) is 0 Å². The number of methoxy groups -OCH3 is 3. The summed E-state index contributed by atoms with van der Waals surface area (Å²) in [6, 6.07) is 28.6. The molecule has 1 aliphatic rings. The summed E-state index contributed by atoms with van der Waals surface area (Å²) >= 11 is 0. The number of ether oxygens (including phenoxy) is 4. The number of nitrogens with zero attached hydrogens (tertiary/aromatic N) is 6. The SMILES string of the molecule is COc1ccc(CN(Cc2ccc(OC)cc2)S(=O)(=O)c2c(S(=O)(=O)NC3CC(OC(=O)NC(C)(C)C)C3)ccc(-c3cccc4[nH]cnc34)c2-c2nnn(Cc3ccc(OC)cc3)n2)cc1. The fraction of sp³-hybridized carbons (Fsp3) is 0.298. The van der Waals surface area contributed by atoms with E-state index < -0.39 is 53.6 Å². The fourth-order valence-corrected chi connectivity index (χ4v) is 11.4. The van der Waals surface area contributed by atoms with E-state index in [1.54, 1.807) is 79.9 Å². The predicted molar refractivity (Wildman–Crippen MR) is 249 cm³/mol. The van der Waals surface area contributed by atoms with Gasteiger partial charge in [-0.25, -0.2) is 31.3 Å². The lowest BCUT2D eigenvalue weighted by Gasteiger charge is -2.35. The van der Waals surface area contributed by atoms with Gasteiger partial charge in [0.15, 0.2) is 0 Å². The zero-order valence-corrected chi connectivity index (χ0v) is 39.4. The zero-order chi connectivity index (χ0) is 47.5. The molecule has 0 aliphatic heterocycles. The Bertz CT molecular complexity index is 3040. The van der Waals surface area contributed by atoms with Crippen LogP contribution in [0.15, 0.2) is 119 Å². The summed E-state index contributed by atoms with van der Waals surface area (Å²) in [6.07, 6.45) is 0.645. The Kier molecular flexibility index (Phi) is 13.3. The number of carbonyl (C=O) groups excluding carboxylic acids is 1. The third-order valence-corrected chi connectivity index (χ3v) is 14.7. The van der Waals surface area contributed by atoms with Crippen LogP contribution in [0.1, 0.15) is 50.3 Å². The van der Waals surface area contributed by atoms with Gasteiger partial charge in [0.1, 0.15) is 33.1 Å². The number of hydrogen-bond donors (Lipinski definition) is 3. The molecule has 0 atom stereocenters. The van der Waals surface area contributed by atoms with Crippen molar-refractivity contribution in [3.05, 3.63) is 126 Å². The second-order valence-corrected chi connectivity index (χ2v) is 20.6. The van der Waals surface area contributed by atoms with Gasteiger partial charge in [-0.15, -0.1) is 10.2 Å². The van der Waals surface area contributed by atoms with Gasteiger partial charge in [0.05, 0.1) is 50.8 Å². The first-order valence-corrected chi connectivity index (χ1v) is 24.2. The van der Waals surface area contributed by atoms with E-state index in [9.17, 15) is 13.2 Å². The monoisotopic (exact) mass is 949 g/mol. The summed E-state index contributed by atoms with van der Waals surface area (Å²) in [7, 11) is -4.95. The van der Waals surface area contributed by atoms with Crippen molar-refractivity contribution < 1.29 is 40.6 Å². The second kappa shape index (κ2) is 19.2. The van der Waals surface area contributed by atoms with Gasteiger partial charge in [-0.1, -0.05) is 54.6 Å². The van der Waals surface area contributed by atoms with Crippen molar-refractivity contribution in [3.8, 4) is 39.8 Å². The molecule has 20 heteroatoms. The number of tetrazole rings is 1. The number of carbonyl (C=O) groups is 1. The van der Waals surface area contributed by atoms with Gasteiger partial charge < -0.3 is 29.2 Å². The lowest BCUT2D eigenvalue weighted by atomic mass is 9.90. The van der Waals surface area contributed by atoms with Crippen LogP contribution in [0.4, 0.5) is 4.79 Å². The minimum Gasteiger partial charge on any atom is -0.497 e. The summed E-state index contributed by atoms with van der Waals surface area (Å²) in [5.41, 5.74) is 3.26. The highest BCUT2D eigenvalue weighted by Crippen LogP contribution is 2.43. The molecule has 2 heterocycles. The Labute approximate surface area is 388 Å². The highest BCUT2D eigenvalue weighted by atomic mass is 32.2. The lowest BCUT2D eigenvalue weighted by molar-refractivity contribution is 0.0339. The van der Waals surface area contributed by atoms with Gasteiger partial charge in [0, 0.05) is 43.1 Å². The number of rotatable bonds is 17. The van der Waals surface area contributed by atoms with Crippen LogP contribution in [0.25, 0.3) is 33.5 Å². The number of aromatic amines is 1. The molecule has 18 nitrogen and oxygen atoms in total. The van der Waals surface area contributed by atoms with Gasteiger partial charge >= 0.3 is 6.09 Å². The predicted octanol–water partition coefficient (Wildman–Crippen LogP) is 6.68. The van der Waals surface area contributed by atoms with Crippen LogP contribution in [0.5, 0.6) is 17.2 Å². The molecular formula is C47H51N9O9S2. The second-order valence-electron chi connectivity index (χ2n) is 17.1. The summed E-state index contributed by atoms with van der Waals surface area (Å²) in [5.74, 6) is 1.64. The molecule has 0 radical (unpaired) electrons. The van der Waals surface area contributed by atoms with Crippen molar-refractivity contribution in [1.29, 1.82) is 0 Å². The van der Waals surface area contributed by atoms with E-state index in [2.05, 4.69) is 30.3 Å². The summed E-state index contributed by atoms with van der Waals surface area (Å²) in [4.78, 5) is 20.4. The number of benzene rings is 5. The van der Waals surface area contributed by atoms with E-state index in [4.69, 9.17) is 24.0 Å². The zero-order valence-electron chi connectivity index (χ0n) is 37.8. The molecule has 1 fully saturated rings. The molecule has 0 bridgehead atoms. The molecule has 5 aromatic carbocycles. The fourth-order valence-electron chi connectivity index (χ4n) is 7.72. The van der Waals surface area contributed by atoms with Crippen molar-refractivity contribution in [2.45, 2.75) is 80.7 Å². The minimum atomic E-state index is -4.90. The Balaban J connectivity index is 1.31. The lowest BCUT2D eigenvalue weighted by Crippen LogP contribution is -2.50. The van der Waals surface area contributed by atoms with E-state index in [1.165, 1.54) is 41.8 Å². The number of sulfonamides is 2. The van der Waals surface area contributed by atoms with E-state index >= 15 is 8.42 Å². The maximum Gasteiger partial charge on any atom is 0.407 e. The largest absolute Gasteiger partial charge is 0.497 e. The maximum atomic E-state index is 16.1. The van der Waals surface area contributed by atoms with Crippen molar-refractivity contribution in [2.24, 2.45) is 0 Å². The molecule has 1 amide bonds. The Morgan fingerprint density at radius 3 is 1.93 bits per heavy atom. The third kappa shape index (κ3) is 10.6. The molecule has 1 aliphatic carbocycles. The molecule has 350 valence electrons. The van der Waals surface area contributed by atoms with E-state index in [0.717, 1.165) is 5.56 Å². The van der Waals surface area contributed by atoms with Crippen LogP contribution in [-0.2, 0) is 44.4 Å². The standard InChI is InChI=1S/C47H51N9O9S2/c1-47(2,3)50-46(57)65-37-24-33(25-37)53-66(58,59)41-23-22-38(39-8-7-9-40-43(39)49-29-48-40)42(45-51-54-56(52-45)28-32-14-20-36(64-6)21-15-32)44(41)67(60,61)55(26-30-10-16-34(62-4)17-11-30)27-31-12-18-35(63-5)19-13-31/h7-23,29,33,37,53H,24-28H2,1-6H3,(H,48,49)(H,50,57). The van der Waals surface area contributed by atoms with Crippen molar-refractivity contribution in [2.75, 3.05) is 21.3 Å². The van der Waals surface area contributed by atoms with Crippen molar-refractivity contribution in [3.63, 3.8) is 0 Å². The molecule has 1 saturated carbocycles. The highest BCUT2D eigenvalue weighted by Gasteiger charge is 2.41. The van der Waals surface area contributed by atoms with Gasteiger partial charge in [-0.3, -0.25) is 0 Å². The Morgan fingerprint density at radius 2 is 1.36 bits per heavy atom. The molecule has 0 unspecified atom stereocenters. The van der Waals surface area contributed by atoms with Crippen LogP contribution in [-0.4, -0.2) is 96.4 Å². The van der Waals surface area contributed by atoms with Gasteiger partial charge in [-0.05, 0) is 96.8 Å². The van der Waals surface area contributed by atoms with Crippen LogP contribution in [0, 0.1) is 0 Å². The number of amides is 1. The maximum absolute atomic E-state index is 16.1. The van der Waals surface area contributed by atoms with Crippen LogP contribution < -0.4 is 24.2 Å².